The number of aliphatic hydroxyl groups excluding tert-OH is 1. The van der Waals surface area contributed by atoms with Crippen molar-refractivity contribution in [1.82, 2.24) is 0 Å². The summed E-state index contributed by atoms with van der Waals surface area (Å²) in [5.41, 5.74) is 0.572. The van der Waals surface area contributed by atoms with Crippen LogP contribution in [0.25, 0.3) is 0 Å². The Kier molecular flexibility index (Phi) is 2.08. The predicted octanol–water partition coefficient (Wildman–Crippen LogP) is 1.90. The first kappa shape index (κ1) is 11.3. The fraction of sp³-hybridized carbons (Fsp3) is 0.786. The number of esters is 1. The summed E-state index contributed by atoms with van der Waals surface area (Å²) < 4.78 is 5.52. The minimum Gasteiger partial charge on any atom is -0.461 e. The zero-order valence-corrected chi connectivity index (χ0v) is 10.5. The Morgan fingerprint density at radius 2 is 2.24 bits per heavy atom. The van der Waals surface area contributed by atoms with Crippen LogP contribution in [0.1, 0.15) is 33.1 Å². The van der Waals surface area contributed by atoms with Crippen molar-refractivity contribution in [3.63, 3.8) is 0 Å². The minimum atomic E-state index is -0.679. The Morgan fingerprint density at radius 1 is 1.53 bits per heavy atom. The average Bonchev–Trinajstić information content (AvgIpc) is 2.58. The number of rotatable bonds is 1. The van der Waals surface area contributed by atoms with Crippen LogP contribution in [0.4, 0.5) is 0 Å². The fourth-order valence-electron chi connectivity index (χ4n) is 4.22. The molecular weight excluding hydrogens is 216 g/mol. The number of hydrogen-bond donors (Lipinski definition) is 1. The van der Waals surface area contributed by atoms with Gasteiger partial charge in [-0.2, -0.15) is 0 Å². The molecule has 1 saturated heterocycles. The highest BCUT2D eigenvalue weighted by molar-refractivity contribution is 5.81. The van der Waals surface area contributed by atoms with Crippen LogP contribution in [0, 0.1) is 22.7 Å². The maximum Gasteiger partial charge on any atom is 0.315 e. The first-order valence-corrected chi connectivity index (χ1v) is 6.47. The Labute approximate surface area is 102 Å². The van der Waals surface area contributed by atoms with E-state index in [1.165, 1.54) is 0 Å². The molecule has 17 heavy (non-hydrogen) atoms. The molecule has 0 amide bonds. The van der Waals surface area contributed by atoms with Gasteiger partial charge in [0.15, 0.2) is 0 Å². The molecule has 5 atom stereocenters. The number of carbonyl (C=O) groups excluding carboxylic acids is 1. The molecule has 0 aromatic rings. The molecule has 3 heteroatoms. The van der Waals surface area contributed by atoms with E-state index in [2.05, 4.69) is 20.4 Å². The van der Waals surface area contributed by atoms with Crippen molar-refractivity contribution in [3.8, 4) is 0 Å². The molecule has 0 spiro atoms. The number of ether oxygens (including phenoxy) is 1. The lowest BCUT2D eigenvalue weighted by Gasteiger charge is -2.53. The molecule has 3 rings (SSSR count). The van der Waals surface area contributed by atoms with Crippen molar-refractivity contribution in [1.29, 1.82) is 0 Å². The molecule has 0 aromatic carbocycles. The monoisotopic (exact) mass is 236 g/mol. The highest BCUT2D eigenvalue weighted by Crippen LogP contribution is 2.64. The van der Waals surface area contributed by atoms with Gasteiger partial charge in [0.25, 0.3) is 0 Å². The molecule has 94 valence electrons. The third-order valence-corrected chi connectivity index (χ3v) is 5.79. The molecule has 3 fully saturated rings. The van der Waals surface area contributed by atoms with Gasteiger partial charge in [-0.1, -0.05) is 26.0 Å². The van der Waals surface area contributed by atoms with Crippen LogP contribution in [0.5, 0.6) is 0 Å². The van der Waals surface area contributed by atoms with Gasteiger partial charge >= 0.3 is 5.97 Å². The van der Waals surface area contributed by atoms with Crippen molar-refractivity contribution in [3.05, 3.63) is 12.2 Å². The Morgan fingerprint density at radius 3 is 2.88 bits per heavy atom. The standard InChI is InChI=1S/C14H20O3/c1-8-6-10-11-9(2)13(8,3)4-5-14(11,7-15)12(16)17-10/h8,10-11,15H,2,4-7H2,1,3H3/t8-,10-,11-,13+,14+/m0/s1. The van der Waals surface area contributed by atoms with Crippen LogP contribution in [-0.4, -0.2) is 23.8 Å². The van der Waals surface area contributed by atoms with Gasteiger partial charge in [0, 0.05) is 5.92 Å². The molecule has 3 nitrogen and oxygen atoms in total. The maximum atomic E-state index is 12.1. The molecule has 1 heterocycles. The van der Waals surface area contributed by atoms with Crippen molar-refractivity contribution in [2.24, 2.45) is 22.7 Å². The summed E-state index contributed by atoms with van der Waals surface area (Å²) in [7, 11) is 0. The Bertz CT molecular complexity index is 402. The van der Waals surface area contributed by atoms with E-state index in [1.807, 2.05) is 0 Å². The van der Waals surface area contributed by atoms with Gasteiger partial charge in [0.1, 0.15) is 11.5 Å². The van der Waals surface area contributed by atoms with Gasteiger partial charge in [-0.3, -0.25) is 4.79 Å². The minimum absolute atomic E-state index is 0.0370. The first-order valence-electron chi connectivity index (χ1n) is 6.47. The molecule has 0 aromatic heterocycles. The van der Waals surface area contributed by atoms with Crippen LogP contribution < -0.4 is 0 Å². The largest absolute Gasteiger partial charge is 0.461 e. The SMILES string of the molecule is C=C1[C@H]2[C@@H]3C[C@H](C)[C@@]1(C)CC[C@]2(CO)C(=O)O3. The number of fused-ring (bicyclic) bond motifs is 1. The molecule has 2 bridgehead atoms. The second-order valence-electron chi connectivity index (χ2n) is 6.32. The van der Waals surface area contributed by atoms with E-state index in [1.54, 1.807) is 0 Å². The van der Waals surface area contributed by atoms with Crippen molar-refractivity contribution >= 4 is 5.97 Å². The van der Waals surface area contributed by atoms with Gasteiger partial charge in [0.2, 0.25) is 0 Å². The first-order chi connectivity index (χ1) is 7.95. The van der Waals surface area contributed by atoms with Gasteiger partial charge in [-0.25, -0.2) is 0 Å². The zero-order chi connectivity index (χ0) is 12.4. The summed E-state index contributed by atoms with van der Waals surface area (Å²) in [4.78, 5) is 12.1. The van der Waals surface area contributed by atoms with Crippen molar-refractivity contribution in [2.75, 3.05) is 6.61 Å². The van der Waals surface area contributed by atoms with Crippen LogP contribution >= 0.6 is 0 Å². The van der Waals surface area contributed by atoms with Crippen LogP contribution in [0.3, 0.4) is 0 Å². The maximum absolute atomic E-state index is 12.1. The van der Waals surface area contributed by atoms with E-state index in [9.17, 15) is 9.90 Å². The van der Waals surface area contributed by atoms with Gasteiger partial charge < -0.3 is 9.84 Å². The van der Waals surface area contributed by atoms with Crippen LogP contribution in [0.15, 0.2) is 12.2 Å². The van der Waals surface area contributed by atoms with Crippen LogP contribution in [-0.2, 0) is 9.53 Å². The van der Waals surface area contributed by atoms with E-state index in [-0.39, 0.29) is 30.0 Å². The third kappa shape index (κ3) is 1.09. The summed E-state index contributed by atoms with van der Waals surface area (Å²) in [5.74, 6) is 0.334. The lowest BCUT2D eigenvalue weighted by atomic mass is 9.48. The average molecular weight is 236 g/mol. The summed E-state index contributed by atoms with van der Waals surface area (Å²) in [5, 5.41) is 9.68. The molecule has 2 aliphatic carbocycles. The van der Waals surface area contributed by atoms with Gasteiger partial charge in [0.05, 0.1) is 6.61 Å². The molecule has 1 N–H and O–H groups in total. The number of aliphatic hydroxyl groups is 1. The Hall–Kier alpha value is -0.830. The predicted molar refractivity (Wildman–Crippen MR) is 63.2 cm³/mol. The van der Waals surface area contributed by atoms with Gasteiger partial charge in [-0.15, -0.1) is 0 Å². The molecule has 1 aliphatic heterocycles. The van der Waals surface area contributed by atoms with E-state index in [0.29, 0.717) is 5.92 Å². The highest BCUT2D eigenvalue weighted by Gasteiger charge is 2.66. The summed E-state index contributed by atoms with van der Waals surface area (Å²) in [6.07, 6.45) is 2.54. The zero-order valence-electron chi connectivity index (χ0n) is 10.5. The molecular formula is C14H20O3. The third-order valence-electron chi connectivity index (χ3n) is 5.79. The summed E-state index contributed by atoms with van der Waals surface area (Å²) in [6, 6.07) is 0. The highest BCUT2D eigenvalue weighted by atomic mass is 16.6. The fourth-order valence-corrected chi connectivity index (χ4v) is 4.22. The molecule has 0 radical (unpaired) electrons. The lowest BCUT2D eigenvalue weighted by molar-refractivity contribution is -0.151. The van der Waals surface area contributed by atoms with E-state index in [0.717, 1.165) is 24.8 Å². The lowest BCUT2D eigenvalue weighted by Crippen LogP contribution is -2.52. The summed E-state index contributed by atoms with van der Waals surface area (Å²) in [6.45, 7) is 8.62. The van der Waals surface area contributed by atoms with Gasteiger partial charge in [-0.05, 0) is 30.6 Å². The topological polar surface area (TPSA) is 46.5 Å². The summed E-state index contributed by atoms with van der Waals surface area (Å²) >= 11 is 0. The Balaban J connectivity index is 2.11. The number of carbonyl (C=O) groups is 1. The second-order valence-corrected chi connectivity index (χ2v) is 6.32. The molecule has 0 unspecified atom stereocenters. The van der Waals surface area contributed by atoms with E-state index in [4.69, 9.17) is 4.74 Å². The second kappa shape index (κ2) is 3.14. The van der Waals surface area contributed by atoms with Crippen LogP contribution in [0.2, 0.25) is 0 Å². The van der Waals surface area contributed by atoms with E-state index < -0.39 is 5.41 Å². The quantitative estimate of drug-likeness (QED) is 0.558. The normalized spacial score (nSPS) is 52.5. The van der Waals surface area contributed by atoms with Crippen molar-refractivity contribution < 1.29 is 14.6 Å². The molecule has 2 saturated carbocycles. The molecule has 3 aliphatic rings. The van der Waals surface area contributed by atoms with E-state index >= 15 is 0 Å². The van der Waals surface area contributed by atoms with Crippen molar-refractivity contribution in [2.45, 2.75) is 39.2 Å². The smallest absolute Gasteiger partial charge is 0.315 e. The number of hydrogen-bond acceptors (Lipinski definition) is 3.